The second kappa shape index (κ2) is 10.1. The van der Waals surface area contributed by atoms with Gasteiger partial charge in [0.2, 0.25) is 0 Å². The molecule has 102 valence electrons. The van der Waals surface area contributed by atoms with Crippen LogP contribution in [-0.4, -0.2) is 6.16 Å². The first-order valence-corrected chi connectivity index (χ1v) is 8.35. The van der Waals surface area contributed by atoms with Crippen LogP contribution in [0.5, 0.6) is 0 Å². The molecule has 0 saturated heterocycles. The second-order valence-electron chi connectivity index (χ2n) is 5.89. The molecule has 0 spiro atoms. The van der Waals surface area contributed by atoms with Gasteiger partial charge in [-0.2, -0.15) is 0 Å². The summed E-state index contributed by atoms with van der Waals surface area (Å²) in [4.78, 5) is 0. The van der Waals surface area contributed by atoms with E-state index in [1.807, 2.05) is 0 Å². The Bertz CT molecular complexity index is 191. The lowest BCUT2D eigenvalue weighted by molar-refractivity contribution is 0.183. The Labute approximate surface area is 110 Å². The topological polar surface area (TPSA) is 17.1 Å². The molecule has 1 nitrogen and oxygen atoms in total. The van der Waals surface area contributed by atoms with Crippen LogP contribution < -0.4 is 0 Å². The summed E-state index contributed by atoms with van der Waals surface area (Å²) >= 11 is 0. The van der Waals surface area contributed by atoms with E-state index >= 15 is 0 Å². The number of unbranched alkanes of at least 4 members (excludes halogenated alkanes) is 5. The van der Waals surface area contributed by atoms with E-state index in [9.17, 15) is 4.57 Å². The lowest BCUT2D eigenvalue weighted by Gasteiger charge is -2.32. The van der Waals surface area contributed by atoms with Crippen molar-refractivity contribution in [1.29, 1.82) is 0 Å². The van der Waals surface area contributed by atoms with Crippen molar-refractivity contribution in [3.8, 4) is 0 Å². The molecule has 0 bridgehead atoms. The van der Waals surface area contributed by atoms with Crippen LogP contribution >= 0.6 is 8.46 Å². The third-order valence-electron chi connectivity index (χ3n) is 4.45. The lowest BCUT2D eigenvalue weighted by Crippen LogP contribution is -2.22. The van der Waals surface area contributed by atoms with Crippen LogP contribution in [0.1, 0.15) is 79.1 Å². The Hall–Kier alpha value is 0.100. The summed E-state index contributed by atoms with van der Waals surface area (Å²) in [7, 11) is 0.319. The molecule has 0 aromatic carbocycles. The fourth-order valence-corrected chi connectivity index (χ4v) is 2.64. The van der Waals surface area contributed by atoms with E-state index in [2.05, 4.69) is 27.7 Å². The Morgan fingerprint density at radius 1 is 1.00 bits per heavy atom. The molecule has 0 aliphatic carbocycles. The molecule has 0 heterocycles. The average Bonchev–Trinajstić information content (AvgIpc) is 2.32. The minimum Gasteiger partial charge on any atom is -0.275 e. The van der Waals surface area contributed by atoms with Gasteiger partial charge >= 0.3 is 0 Å². The zero-order valence-electron chi connectivity index (χ0n) is 12.3. The van der Waals surface area contributed by atoms with E-state index in [1.54, 1.807) is 0 Å². The van der Waals surface area contributed by atoms with Gasteiger partial charge in [0.25, 0.3) is 0 Å². The van der Waals surface area contributed by atoms with Crippen LogP contribution in [0.4, 0.5) is 0 Å². The van der Waals surface area contributed by atoms with Crippen LogP contribution in [0.25, 0.3) is 0 Å². The minimum absolute atomic E-state index is 0.319. The summed E-state index contributed by atoms with van der Waals surface area (Å²) in [6.45, 7) is 9.46. The van der Waals surface area contributed by atoms with Gasteiger partial charge in [-0.1, -0.05) is 66.2 Å². The van der Waals surface area contributed by atoms with Gasteiger partial charge in [-0.05, 0) is 24.2 Å². The second-order valence-corrected chi connectivity index (χ2v) is 6.59. The number of hydrogen-bond donors (Lipinski definition) is 0. The lowest BCUT2D eigenvalue weighted by atomic mass is 9.73. The first-order valence-electron chi connectivity index (χ1n) is 7.36. The quantitative estimate of drug-likeness (QED) is 0.324. The van der Waals surface area contributed by atoms with E-state index in [1.165, 1.54) is 44.9 Å². The van der Waals surface area contributed by atoms with E-state index in [4.69, 9.17) is 0 Å². The molecule has 1 atom stereocenters. The molecule has 0 aliphatic heterocycles. The van der Waals surface area contributed by atoms with Crippen molar-refractivity contribution < 1.29 is 4.57 Å². The first kappa shape index (κ1) is 17.1. The standard InChI is InChI=1S/C15H31OP/c1-5-15(4,14(2)3)12-10-8-6-7-9-11-13-17-16/h14H,5-13H2,1-4H3. The van der Waals surface area contributed by atoms with Crippen molar-refractivity contribution >= 4 is 8.46 Å². The van der Waals surface area contributed by atoms with Crippen molar-refractivity contribution in [2.24, 2.45) is 11.3 Å². The zero-order chi connectivity index (χ0) is 13.1. The highest BCUT2D eigenvalue weighted by Gasteiger charge is 2.25. The smallest absolute Gasteiger partial charge is 0.155 e. The molecule has 0 aromatic rings. The summed E-state index contributed by atoms with van der Waals surface area (Å²) in [5.41, 5.74) is 0.543. The van der Waals surface area contributed by atoms with Crippen molar-refractivity contribution in [2.45, 2.75) is 79.1 Å². The maximum Gasteiger partial charge on any atom is 0.155 e. The summed E-state index contributed by atoms with van der Waals surface area (Å²) in [6, 6.07) is 0. The Morgan fingerprint density at radius 3 is 2.00 bits per heavy atom. The predicted octanol–water partition coefficient (Wildman–Crippen LogP) is 6.08. The van der Waals surface area contributed by atoms with Gasteiger partial charge in [0.05, 0.1) is 0 Å². The highest BCUT2D eigenvalue weighted by atomic mass is 31.1. The normalized spacial score (nSPS) is 15.4. The van der Waals surface area contributed by atoms with Crippen LogP contribution in [0.15, 0.2) is 0 Å². The molecule has 17 heavy (non-hydrogen) atoms. The molecule has 0 saturated carbocycles. The van der Waals surface area contributed by atoms with Gasteiger partial charge in [0.15, 0.2) is 8.46 Å². The molecule has 0 aliphatic rings. The zero-order valence-corrected chi connectivity index (χ0v) is 13.2. The minimum atomic E-state index is 0.319. The molecule has 1 unspecified atom stereocenters. The molecule has 0 amide bonds. The van der Waals surface area contributed by atoms with Crippen LogP contribution in [0.3, 0.4) is 0 Å². The molecular weight excluding hydrogens is 227 g/mol. The first-order chi connectivity index (χ1) is 8.06. The van der Waals surface area contributed by atoms with Gasteiger partial charge in [-0.25, -0.2) is 0 Å². The van der Waals surface area contributed by atoms with Crippen molar-refractivity contribution in [3.63, 3.8) is 0 Å². The maximum absolute atomic E-state index is 10.2. The van der Waals surface area contributed by atoms with Gasteiger partial charge < -0.3 is 0 Å². The molecular formula is C15H31OP. The van der Waals surface area contributed by atoms with Crippen LogP contribution in [0, 0.1) is 11.3 Å². The van der Waals surface area contributed by atoms with Gasteiger partial charge in [-0.3, -0.25) is 4.57 Å². The summed E-state index contributed by atoms with van der Waals surface area (Å²) in [5, 5.41) is 0. The fraction of sp³-hybridized carbons (Fsp3) is 1.00. The molecule has 0 radical (unpaired) electrons. The molecule has 0 aromatic heterocycles. The number of hydrogen-bond acceptors (Lipinski definition) is 1. The largest absolute Gasteiger partial charge is 0.275 e. The molecule has 0 rings (SSSR count). The summed E-state index contributed by atoms with van der Waals surface area (Å²) in [6.07, 6.45) is 11.3. The van der Waals surface area contributed by atoms with E-state index in [0.29, 0.717) is 13.9 Å². The Morgan fingerprint density at radius 2 is 1.53 bits per heavy atom. The van der Waals surface area contributed by atoms with Crippen molar-refractivity contribution in [2.75, 3.05) is 6.16 Å². The van der Waals surface area contributed by atoms with Gasteiger partial charge in [0, 0.05) is 6.16 Å². The third-order valence-corrected chi connectivity index (χ3v) is 4.95. The van der Waals surface area contributed by atoms with Crippen LogP contribution in [0.2, 0.25) is 0 Å². The third kappa shape index (κ3) is 7.92. The van der Waals surface area contributed by atoms with Crippen LogP contribution in [-0.2, 0) is 4.57 Å². The Balaban J connectivity index is 3.46. The highest BCUT2D eigenvalue weighted by molar-refractivity contribution is 7.23. The highest BCUT2D eigenvalue weighted by Crippen LogP contribution is 2.36. The average molecular weight is 258 g/mol. The predicted molar refractivity (Wildman–Crippen MR) is 78.0 cm³/mol. The Kier molecular flexibility index (Phi) is 10.1. The van der Waals surface area contributed by atoms with E-state index < -0.39 is 0 Å². The summed E-state index contributed by atoms with van der Waals surface area (Å²) < 4.78 is 10.2. The maximum atomic E-state index is 10.2. The van der Waals surface area contributed by atoms with Crippen molar-refractivity contribution in [1.82, 2.24) is 0 Å². The molecule has 0 N–H and O–H groups in total. The number of rotatable bonds is 11. The summed E-state index contributed by atoms with van der Waals surface area (Å²) in [5.74, 6) is 0.795. The van der Waals surface area contributed by atoms with Gasteiger partial charge in [0.1, 0.15) is 0 Å². The molecule has 0 fully saturated rings. The van der Waals surface area contributed by atoms with Crippen molar-refractivity contribution in [3.05, 3.63) is 0 Å². The van der Waals surface area contributed by atoms with Gasteiger partial charge in [-0.15, -0.1) is 0 Å². The SMILES string of the molecule is CCC(C)(CCCCCCCCP=O)C(C)C. The molecule has 2 heteroatoms. The fourth-order valence-electron chi connectivity index (χ4n) is 2.29. The monoisotopic (exact) mass is 258 g/mol. The van der Waals surface area contributed by atoms with E-state index in [0.717, 1.165) is 18.5 Å². The van der Waals surface area contributed by atoms with E-state index in [-0.39, 0.29) is 0 Å².